The van der Waals surface area contributed by atoms with Crippen LogP contribution in [0.1, 0.15) is 26.4 Å². The van der Waals surface area contributed by atoms with Gasteiger partial charge in [-0.25, -0.2) is 0 Å². The number of benzene rings is 1. The number of anilines is 1. The molecule has 0 unspecified atom stereocenters. The maximum absolute atomic E-state index is 12.3. The highest BCUT2D eigenvalue weighted by molar-refractivity contribution is 7.12. The van der Waals surface area contributed by atoms with E-state index in [0.29, 0.717) is 0 Å². The molecule has 0 spiro atoms. The van der Waals surface area contributed by atoms with E-state index in [1.807, 2.05) is 30.5 Å². The molecule has 0 bridgehead atoms. The fourth-order valence-electron chi connectivity index (χ4n) is 2.43. The highest BCUT2D eigenvalue weighted by Gasteiger charge is 2.16. The number of carbonyl (C=O) groups excluding carboxylic acids is 1. The Labute approximate surface area is 116 Å². The molecule has 4 heteroatoms. The van der Waals surface area contributed by atoms with E-state index < -0.39 is 0 Å². The number of hydrogen-bond donors (Lipinski definition) is 2. The van der Waals surface area contributed by atoms with Crippen molar-refractivity contribution in [1.29, 1.82) is 0 Å². The summed E-state index contributed by atoms with van der Waals surface area (Å²) in [6, 6.07) is 8.09. The summed E-state index contributed by atoms with van der Waals surface area (Å²) in [5.74, 6) is -0.000525. The van der Waals surface area contributed by atoms with E-state index in [2.05, 4.69) is 16.7 Å². The van der Waals surface area contributed by atoms with Crippen molar-refractivity contribution in [2.75, 3.05) is 11.9 Å². The van der Waals surface area contributed by atoms with Gasteiger partial charge in [0.15, 0.2) is 0 Å². The van der Waals surface area contributed by atoms with E-state index >= 15 is 0 Å². The minimum absolute atomic E-state index is 0.000525. The van der Waals surface area contributed by atoms with Crippen LogP contribution in [0.4, 0.5) is 5.69 Å². The largest absolute Gasteiger partial charge is 0.321 e. The lowest BCUT2D eigenvalue weighted by molar-refractivity contribution is 0.103. The highest BCUT2D eigenvalue weighted by atomic mass is 32.1. The Morgan fingerprint density at radius 1 is 1.37 bits per heavy atom. The predicted octanol–water partition coefficient (Wildman–Crippen LogP) is 2.95. The molecule has 1 aliphatic rings. The van der Waals surface area contributed by atoms with Crippen molar-refractivity contribution in [2.45, 2.75) is 19.9 Å². The molecule has 2 heterocycles. The summed E-state index contributed by atoms with van der Waals surface area (Å²) in [4.78, 5) is 13.1. The van der Waals surface area contributed by atoms with Gasteiger partial charge in [0.25, 0.3) is 5.91 Å². The van der Waals surface area contributed by atoms with E-state index in [9.17, 15) is 4.79 Å². The molecule has 1 aliphatic heterocycles. The van der Waals surface area contributed by atoms with Crippen LogP contribution in [0.3, 0.4) is 0 Å². The predicted molar refractivity (Wildman–Crippen MR) is 78.9 cm³/mol. The number of rotatable bonds is 2. The number of hydrogen-bond acceptors (Lipinski definition) is 3. The third kappa shape index (κ3) is 2.41. The van der Waals surface area contributed by atoms with Crippen LogP contribution in [0.25, 0.3) is 0 Å². The fourth-order valence-corrected chi connectivity index (χ4v) is 3.25. The molecule has 0 saturated carbocycles. The van der Waals surface area contributed by atoms with E-state index in [-0.39, 0.29) is 5.91 Å². The van der Waals surface area contributed by atoms with Gasteiger partial charge in [-0.15, -0.1) is 11.3 Å². The first-order chi connectivity index (χ1) is 9.25. The molecule has 0 atom stereocenters. The lowest BCUT2D eigenvalue weighted by Gasteiger charge is -2.20. The van der Waals surface area contributed by atoms with Crippen LogP contribution < -0.4 is 10.6 Å². The summed E-state index contributed by atoms with van der Waals surface area (Å²) in [6.45, 7) is 3.82. The van der Waals surface area contributed by atoms with Gasteiger partial charge < -0.3 is 10.6 Å². The number of carbonyl (C=O) groups is 1. The molecule has 1 amide bonds. The van der Waals surface area contributed by atoms with Crippen molar-refractivity contribution < 1.29 is 4.79 Å². The van der Waals surface area contributed by atoms with Gasteiger partial charge in [0.2, 0.25) is 0 Å². The normalized spacial score (nSPS) is 13.9. The molecule has 0 aliphatic carbocycles. The van der Waals surface area contributed by atoms with Gasteiger partial charge in [-0.05, 0) is 54.1 Å². The maximum atomic E-state index is 12.3. The van der Waals surface area contributed by atoms with Gasteiger partial charge >= 0.3 is 0 Å². The number of thiophene rings is 1. The van der Waals surface area contributed by atoms with Crippen LogP contribution in [-0.4, -0.2) is 12.5 Å². The monoisotopic (exact) mass is 272 g/mol. The number of fused-ring (bicyclic) bond motifs is 1. The van der Waals surface area contributed by atoms with Gasteiger partial charge in [-0.2, -0.15) is 0 Å². The molecule has 2 aromatic rings. The van der Waals surface area contributed by atoms with Crippen molar-refractivity contribution in [2.24, 2.45) is 0 Å². The van der Waals surface area contributed by atoms with Crippen LogP contribution in [-0.2, 0) is 13.0 Å². The summed E-state index contributed by atoms with van der Waals surface area (Å²) < 4.78 is 0. The smallest absolute Gasteiger partial charge is 0.266 e. The molecule has 2 N–H and O–H groups in total. The maximum Gasteiger partial charge on any atom is 0.266 e. The van der Waals surface area contributed by atoms with Crippen molar-refractivity contribution >= 4 is 22.9 Å². The third-order valence-corrected chi connectivity index (χ3v) is 4.47. The fraction of sp³-hybridized carbons (Fsp3) is 0.267. The average Bonchev–Trinajstić information content (AvgIpc) is 2.85. The quantitative estimate of drug-likeness (QED) is 0.882. The highest BCUT2D eigenvalue weighted by Crippen LogP contribution is 2.25. The van der Waals surface area contributed by atoms with E-state index in [1.54, 1.807) is 0 Å². The lowest BCUT2D eigenvalue weighted by atomic mass is 9.99. The third-order valence-electron chi connectivity index (χ3n) is 3.46. The van der Waals surface area contributed by atoms with Crippen molar-refractivity contribution in [1.82, 2.24) is 5.32 Å². The Morgan fingerprint density at radius 2 is 2.26 bits per heavy atom. The van der Waals surface area contributed by atoms with Crippen molar-refractivity contribution in [3.8, 4) is 0 Å². The van der Waals surface area contributed by atoms with Crippen LogP contribution in [0, 0.1) is 6.92 Å². The van der Waals surface area contributed by atoms with Gasteiger partial charge in [0, 0.05) is 12.2 Å². The van der Waals surface area contributed by atoms with E-state index in [4.69, 9.17) is 0 Å². The molecule has 98 valence electrons. The second kappa shape index (κ2) is 5.15. The Morgan fingerprint density at radius 3 is 3.05 bits per heavy atom. The first kappa shape index (κ1) is 12.4. The minimum Gasteiger partial charge on any atom is -0.321 e. The SMILES string of the molecule is Cc1ccsc1C(=O)Nc1cccc2c1CCNC2. The zero-order chi connectivity index (χ0) is 13.2. The van der Waals surface area contributed by atoms with Crippen molar-refractivity contribution in [3.05, 3.63) is 51.2 Å². The number of nitrogens with one attached hydrogen (secondary N) is 2. The van der Waals surface area contributed by atoms with Crippen LogP contribution in [0.15, 0.2) is 29.6 Å². The Kier molecular flexibility index (Phi) is 3.36. The summed E-state index contributed by atoms with van der Waals surface area (Å²) >= 11 is 1.49. The van der Waals surface area contributed by atoms with Gasteiger partial charge in [-0.1, -0.05) is 12.1 Å². The minimum atomic E-state index is -0.000525. The molecule has 0 saturated heterocycles. The molecular weight excluding hydrogens is 256 g/mol. The molecular formula is C15H16N2OS. The molecule has 3 rings (SSSR count). The zero-order valence-electron chi connectivity index (χ0n) is 10.8. The zero-order valence-corrected chi connectivity index (χ0v) is 11.6. The molecule has 1 aromatic carbocycles. The van der Waals surface area contributed by atoms with Crippen LogP contribution >= 0.6 is 11.3 Å². The number of amides is 1. The molecule has 19 heavy (non-hydrogen) atoms. The summed E-state index contributed by atoms with van der Waals surface area (Å²) in [5, 5.41) is 8.36. The van der Waals surface area contributed by atoms with Crippen LogP contribution in [0.5, 0.6) is 0 Å². The Hall–Kier alpha value is -1.65. The number of aryl methyl sites for hydroxylation is 1. The molecule has 0 fully saturated rings. The lowest BCUT2D eigenvalue weighted by Crippen LogP contribution is -2.25. The van der Waals surface area contributed by atoms with Crippen molar-refractivity contribution in [3.63, 3.8) is 0 Å². The van der Waals surface area contributed by atoms with E-state index in [0.717, 1.165) is 35.6 Å². The second-order valence-electron chi connectivity index (χ2n) is 4.76. The topological polar surface area (TPSA) is 41.1 Å². The van der Waals surface area contributed by atoms with Gasteiger partial charge in [0.1, 0.15) is 0 Å². The first-order valence-corrected chi connectivity index (χ1v) is 7.30. The Balaban J connectivity index is 1.88. The molecule has 0 radical (unpaired) electrons. The molecule has 1 aromatic heterocycles. The van der Waals surface area contributed by atoms with E-state index in [1.165, 1.54) is 22.5 Å². The molecule has 3 nitrogen and oxygen atoms in total. The summed E-state index contributed by atoms with van der Waals surface area (Å²) in [7, 11) is 0. The standard InChI is InChI=1S/C15H16N2OS/c1-10-6-8-19-14(10)15(18)17-13-4-2-3-11-9-16-7-5-12(11)13/h2-4,6,8,16H,5,7,9H2,1H3,(H,17,18). The first-order valence-electron chi connectivity index (χ1n) is 6.42. The van der Waals surface area contributed by atoms with Crippen LogP contribution in [0.2, 0.25) is 0 Å². The average molecular weight is 272 g/mol. The summed E-state index contributed by atoms with van der Waals surface area (Å²) in [6.07, 6.45) is 0.967. The summed E-state index contributed by atoms with van der Waals surface area (Å²) in [5.41, 5.74) is 4.54. The Bertz CT molecular complexity index is 618. The van der Waals surface area contributed by atoms with Gasteiger partial charge in [-0.3, -0.25) is 4.79 Å². The second-order valence-corrected chi connectivity index (χ2v) is 5.67. The van der Waals surface area contributed by atoms with Gasteiger partial charge in [0.05, 0.1) is 4.88 Å².